The van der Waals surface area contributed by atoms with Crippen LogP contribution in [0, 0.1) is 5.95 Å². The maximum atomic E-state index is 13.4. The molecule has 5 nitrogen and oxygen atoms in total. The van der Waals surface area contributed by atoms with E-state index in [0.717, 1.165) is 13.1 Å². The van der Waals surface area contributed by atoms with Crippen LogP contribution in [0.15, 0.2) is 18.3 Å². The number of amides is 1. The minimum atomic E-state index is -0.742. The number of hydrogen-bond donors (Lipinski definition) is 1. The monoisotopic (exact) mass is 281 g/mol. The highest BCUT2D eigenvalue weighted by atomic mass is 19.1. The summed E-state index contributed by atoms with van der Waals surface area (Å²) in [5.41, 5.74) is -0.219. The molecule has 1 fully saturated rings. The Morgan fingerprint density at radius 2 is 2.20 bits per heavy atom. The summed E-state index contributed by atoms with van der Waals surface area (Å²) >= 11 is 0. The topological polar surface area (TPSA) is 54.5 Å². The molecule has 1 saturated heterocycles. The zero-order valence-corrected chi connectivity index (χ0v) is 11.9. The Labute approximate surface area is 118 Å². The molecule has 1 N–H and O–H groups in total. The van der Waals surface area contributed by atoms with E-state index >= 15 is 0 Å². The number of carbonyl (C=O) groups is 1. The smallest absolute Gasteiger partial charge is 0.255 e. The van der Waals surface area contributed by atoms with Gasteiger partial charge in [-0.2, -0.15) is 4.39 Å². The first-order valence-electron chi connectivity index (χ1n) is 6.72. The average molecular weight is 281 g/mol. The van der Waals surface area contributed by atoms with Gasteiger partial charge in [-0.05, 0) is 26.0 Å². The lowest BCUT2D eigenvalue weighted by molar-refractivity contribution is -0.00924. The van der Waals surface area contributed by atoms with Crippen LogP contribution in [-0.4, -0.2) is 54.2 Å². The number of rotatable bonds is 4. The Hall–Kier alpha value is -1.53. The van der Waals surface area contributed by atoms with Crippen molar-refractivity contribution in [3.63, 3.8) is 0 Å². The lowest BCUT2D eigenvalue weighted by Gasteiger charge is -2.40. The molecule has 2 rings (SSSR count). The molecule has 0 aliphatic carbocycles. The van der Waals surface area contributed by atoms with Gasteiger partial charge in [-0.3, -0.25) is 9.69 Å². The fraction of sp³-hybridized carbons (Fsp3) is 0.571. The van der Waals surface area contributed by atoms with Gasteiger partial charge in [-0.25, -0.2) is 4.98 Å². The van der Waals surface area contributed by atoms with Crippen LogP contribution in [0.1, 0.15) is 24.2 Å². The van der Waals surface area contributed by atoms with Crippen LogP contribution in [-0.2, 0) is 4.74 Å². The number of aromatic nitrogens is 1. The van der Waals surface area contributed by atoms with E-state index in [4.69, 9.17) is 4.74 Å². The molecule has 0 radical (unpaired) electrons. The van der Waals surface area contributed by atoms with E-state index in [1.54, 1.807) is 6.07 Å². The summed E-state index contributed by atoms with van der Waals surface area (Å²) in [4.78, 5) is 17.7. The van der Waals surface area contributed by atoms with Gasteiger partial charge in [0.25, 0.3) is 5.91 Å². The second kappa shape index (κ2) is 6.28. The lowest BCUT2D eigenvalue weighted by Crippen LogP contribution is -2.55. The number of ether oxygens (including phenoxy) is 1. The highest BCUT2D eigenvalue weighted by molar-refractivity contribution is 5.94. The van der Waals surface area contributed by atoms with Gasteiger partial charge in [-0.15, -0.1) is 0 Å². The molecule has 2 heterocycles. The van der Waals surface area contributed by atoms with Gasteiger partial charge in [0.05, 0.1) is 18.8 Å². The quantitative estimate of drug-likeness (QED) is 0.839. The molecule has 0 saturated carbocycles. The van der Waals surface area contributed by atoms with E-state index in [-0.39, 0.29) is 11.1 Å². The van der Waals surface area contributed by atoms with E-state index in [9.17, 15) is 9.18 Å². The van der Waals surface area contributed by atoms with Crippen LogP contribution in [0.2, 0.25) is 0 Å². The summed E-state index contributed by atoms with van der Waals surface area (Å²) in [7, 11) is 0. The maximum Gasteiger partial charge on any atom is 0.255 e. The first-order valence-corrected chi connectivity index (χ1v) is 6.72. The summed E-state index contributed by atoms with van der Waals surface area (Å²) in [5.74, 6) is -1.17. The molecule has 20 heavy (non-hydrogen) atoms. The minimum absolute atomic E-state index is 0.0229. The first kappa shape index (κ1) is 14.9. The van der Waals surface area contributed by atoms with Gasteiger partial charge in [0.2, 0.25) is 5.95 Å². The Bertz CT molecular complexity index is 473. The molecule has 6 heteroatoms. The molecule has 0 atom stereocenters. The Balaban J connectivity index is 1.94. The molecule has 1 amide bonds. The minimum Gasteiger partial charge on any atom is -0.379 e. The summed E-state index contributed by atoms with van der Waals surface area (Å²) in [5, 5.41) is 2.78. The number of nitrogens with zero attached hydrogens (tertiary/aromatic N) is 2. The van der Waals surface area contributed by atoms with Crippen molar-refractivity contribution >= 4 is 5.91 Å². The fourth-order valence-electron chi connectivity index (χ4n) is 2.23. The molecule has 1 aliphatic heterocycles. The van der Waals surface area contributed by atoms with Crippen molar-refractivity contribution in [2.45, 2.75) is 19.4 Å². The van der Waals surface area contributed by atoms with Crippen LogP contribution < -0.4 is 5.32 Å². The predicted molar refractivity (Wildman–Crippen MR) is 73.0 cm³/mol. The van der Waals surface area contributed by atoms with E-state index in [0.29, 0.717) is 19.8 Å². The van der Waals surface area contributed by atoms with E-state index in [1.807, 2.05) is 0 Å². The standard InChI is InChI=1S/C14H20FN3O2/c1-14(2,18-6-8-20-9-7-18)10-17-13(19)11-4-3-5-16-12(11)15/h3-5H,6-10H2,1-2H3,(H,17,19). The van der Waals surface area contributed by atoms with Crippen molar-refractivity contribution in [2.75, 3.05) is 32.8 Å². The van der Waals surface area contributed by atoms with Gasteiger partial charge in [0.1, 0.15) is 0 Å². The Morgan fingerprint density at radius 1 is 1.50 bits per heavy atom. The van der Waals surface area contributed by atoms with Crippen molar-refractivity contribution in [1.82, 2.24) is 15.2 Å². The van der Waals surface area contributed by atoms with Crippen molar-refractivity contribution in [1.29, 1.82) is 0 Å². The second-order valence-corrected chi connectivity index (χ2v) is 5.44. The van der Waals surface area contributed by atoms with Gasteiger partial charge in [-0.1, -0.05) is 0 Å². The van der Waals surface area contributed by atoms with Crippen molar-refractivity contribution in [3.05, 3.63) is 29.8 Å². The van der Waals surface area contributed by atoms with E-state index in [1.165, 1.54) is 12.3 Å². The highest BCUT2D eigenvalue weighted by Crippen LogP contribution is 2.15. The maximum absolute atomic E-state index is 13.4. The average Bonchev–Trinajstić information content (AvgIpc) is 2.46. The third-order valence-corrected chi connectivity index (χ3v) is 3.55. The number of nitrogens with one attached hydrogen (secondary N) is 1. The molecule has 110 valence electrons. The molecule has 1 aliphatic rings. The molecular weight excluding hydrogens is 261 g/mol. The molecule has 0 unspecified atom stereocenters. The molecule has 0 aromatic carbocycles. The zero-order chi connectivity index (χ0) is 14.6. The third kappa shape index (κ3) is 3.52. The third-order valence-electron chi connectivity index (χ3n) is 3.55. The number of hydrogen-bond acceptors (Lipinski definition) is 4. The number of morpholine rings is 1. The van der Waals surface area contributed by atoms with Gasteiger partial charge in [0, 0.05) is 31.4 Å². The summed E-state index contributed by atoms with van der Waals surface area (Å²) in [6.45, 7) is 7.63. The summed E-state index contributed by atoms with van der Waals surface area (Å²) < 4.78 is 18.7. The molecule has 0 spiro atoms. The van der Waals surface area contributed by atoms with Crippen molar-refractivity contribution < 1.29 is 13.9 Å². The van der Waals surface area contributed by atoms with E-state index < -0.39 is 11.9 Å². The van der Waals surface area contributed by atoms with Crippen molar-refractivity contribution in [2.24, 2.45) is 0 Å². The Morgan fingerprint density at radius 3 is 2.85 bits per heavy atom. The number of carbonyl (C=O) groups excluding carboxylic acids is 1. The van der Waals surface area contributed by atoms with Crippen LogP contribution in [0.5, 0.6) is 0 Å². The SMILES string of the molecule is CC(C)(CNC(=O)c1cccnc1F)N1CCOCC1. The Kier molecular flexibility index (Phi) is 4.67. The van der Waals surface area contributed by atoms with E-state index in [2.05, 4.69) is 29.0 Å². The van der Waals surface area contributed by atoms with Crippen LogP contribution in [0.3, 0.4) is 0 Å². The normalized spacial score (nSPS) is 16.9. The van der Waals surface area contributed by atoms with Gasteiger partial charge >= 0.3 is 0 Å². The summed E-state index contributed by atoms with van der Waals surface area (Å²) in [6, 6.07) is 2.98. The van der Waals surface area contributed by atoms with Crippen LogP contribution in [0.25, 0.3) is 0 Å². The largest absolute Gasteiger partial charge is 0.379 e. The number of halogens is 1. The predicted octanol–water partition coefficient (Wildman–Crippen LogP) is 1.06. The van der Waals surface area contributed by atoms with Gasteiger partial charge in [0.15, 0.2) is 0 Å². The highest BCUT2D eigenvalue weighted by Gasteiger charge is 2.29. The number of pyridine rings is 1. The second-order valence-electron chi connectivity index (χ2n) is 5.44. The molecular formula is C14H20FN3O2. The zero-order valence-electron chi connectivity index (χ0n) is 11.9. The van der Waals surface area contributed by atoms with Crippen LogP contribution in [0.4, 0.5) is 4.39 Å². The first-order chi connectivity index (χ1) is 9.50. The summed E-state index contributed by atoms with van der Waals surface area (Å²) in [6.07, 6.45) is 1.32. The van der Waals surface area contributed by atoms with Gasteiger partial charge < -0.3 is 10.1 Å². The molecule has 0 bridgehead atoms. The molecule has 1 aromatic rings. The van der Waals surface area contributed by atoms with Crippen molar-refractivity contribution in [3.8, 4) is 0 Å². The fourth-order valence-corrected chi connectivity index (χ4v) is 2.23. The van der Waals surface area contributed by atoms with Crippen LogP contribution >= 0.6 is 0 Å². The molecule has 1 aromatic heterocycles. The lowest BCUT2D eigenvalue weighted by atomic mass is 10.0.